The molecular formula is C9H13NOS. The normalized spacial score (nSPS) is 21.6. The zero-order valence-electron chi connectivity index (χ0n) is 7.17. The summed E-state index contributed by atoms with van der Waals surface area (Å²) >= 11 is 1.70. The maximum absolute atomic E-state index is 5.53. The number of fused-ring (bicyclic) bond motifs is 1. The van der Waals surface area contributed by atoms with Crippen LogP contribution < -0.4 is 10.1 Å². The third-order valence-corrected chi connectivity index (χ3v) is 3.09. The van der Waals surface area contributed by atoms with E-state index in [4.69, 9.17) is 4.74 Å². The molecule has 0 saturated heterocycles. The molecule has 1 aromatic rings. The molecule has 1 aromatic heterocycles. The molecule has 2 nitrogen and oxygen atoms in total. The summed E-state index contributed by atoms with van der Waals surface area (Å²) in [6, 6.07) is 2.18. The summed E-state index contributed by atoms with van der Waals surface area (Å²) in [5.41, 5.74) is 1.39. The molecule has 1 aliphatic heterocycles. The minimum Gasteiger partial charge on any atom is -0.484 e. The number of ether oxygens (including phenoxy) is 1. The summed E-state index contributed by atoms with van der Waals surface area (Å²) in [4.78, 5) is 0. The van der Waals surface area contributed by atoms with Crippen LogP contribution in [0.1, 0.15) is 17.9 Å². The lowest BCUT2D eigenvalue weighted by atomic mass is 9.97. The van der Waals surface area contributed by atoms with Crippen molar-refractivity contribution in [3.8, 4) is 5.06 Å². The maximum atomic E-state index is 5.53. The van der Waals surface area contributed by atoms with Gasteiger partial charge in [-0.3, -0.25) is 0 Å². The van der Waals surface area contributed by atoms with Gasteiger partial charge in [0.15, 0.2) is 5.06 Å². The standard InChI is InChI=1S/C9H13NOS/c1-10-6-7-2-4-11-9-8(7)3-5-12-9/h3,5,7,10H,2,4,6H2,1H3. The van der Waals surface area contributed by atoms with Gasteiger partial charge in [0.05, 0.1) is 6.61 Å². The van der Waals surface area contributed by atoms with Gasteiger partial charge < -0.3 is 10.1 Å². The maximum Gasteiger partial charge on any atom is 0.177 e. The second-order valence-electron chi connectivity index (χ2n) is 3.06. The second kappa shape index (κ2) is 3.46. The zero-order chi connectivity index (χ0) is 8.39. The van der Waals surface area contributed by atoms with Gasteiger partial charge >= 0.3 is 0 Å². The molecule has 2 rings (SSSR count). The monoisotopic (exact) mass is 183 g/mol. The molecule has 66 valence electrons. The van der Waals surface area contributed by atoms with Gasteiger partial charge in [-0.05, 0) is 24.9 Å². The summed E-state index contributed by atoms with van der Waals surface area (Å²) in [5, 5.41) is 6.45. The van der Waals surface area contributed by atoms with Crippen LogP contribution in [0.2, 0.25) is 0 Å². The molecule has 0 spiro atoms. The Labute approximate surface area is 76.6 Å². The fourth-order valence-corrected chi connectivity index (χ4v) is 2.49. The summed E-state index contributed by atoms with van der Waals surface area (Å²) in [6.07, 6.45) is 1.14. The minimum atomic E-state index is 0.657. The molecule has 0 amide bonds. The highest BCUT2D eigenvalue weighted by Gasteiger charge is 2.21. The van der Waals surface area contributed by atoms with Gasteiger partial charge in [0, 0.05) is 18.0 Å². The van der Waals surface area contributed by atoms with E-state index in [1.165, 1.54) is 5.56 Å². The van der Waals surface area contributed by atoms with E-state index < -0.39 is 0 Å². The molecule has 1 aliphatic rings. The molecule has 1 atom stereocenters. The Kier molecular flexibility index (Phi) is 2.33. The first-order chi connectivity index (χ1) is 5.92. The third kappa shape index (κ3) is 1.34. The Balaban J connectivity index is 2.19. The lowest BCUT2D eigenvalue weighted by Crippen LogP contribution is -2.22. The number of rotatable bonds is 2. The summed E-state index contributed by atoms with van der Waals surface area (Å²) in [5.74, 6) is 0.657. The van der Waals surface area contributed by atoms with Crippen LogP contribution in [0.15, 0.2) is 11.4 Å². The van der Waals surface area contributed by atoms with Gasteiger partial charge in [-0.15, -0.1) is 11.3 Å². The molecule has 3 heteroatoms. The van der Waals surface area contributed by atoms with Gasteiger partial charge in [-0.2, -0.15) is 0 Å². The average molecular weight is 183 g/mol. The first-order valence-corrected chi connectivity index (χ1v) is 5.14. The van der Waals surface area contributed by atoms with E-state index in [-0.39, 0.29) is 0 Å². The molecule has 0 bridgehead atoms. The Bertz CT molecular complexity index is 259. The number of hydrogen-bond acceptors (Lipinski definition) is 3. The van der Waals surface area contributed by atoms with E-state index in [9.17, 15) is 0 Å². The van der Waals surface area contributed by atoms with Gasteiger partial charge in [0.1, 0.15) is 0 Å². The molecule has 12 heavy (non-hydrogen) atoms. The van der Waals surface area contributed by atoms with Crippen molar-refractivity contribution in [3.05, 3.63) is 17.0 Å². The van der Waals surface area contributed by atoms with Gasteiger partial charge in [-0.1, -0.05) is 0 Å². The fourth-order valence-electron chi connectivity index (χ4n) is 1.63. The molecule has 0 aliphatic carbocycles. The van der Waals surface area contributed by atoms with E-state index in [1.54, 1.807) is 11.3 Å². The number of likely N-dealkylation sites (N-methyl/N-ethyl adjacent to an activating group) is 1. The quantitative estimate of drug-likeness (QED) is 0.755. The van der Waals surface area contributed by atoms with E-state index in [0.29, 0.717) is 5.92 Å². The van der Waals surface area contributed by atoms with Crippen LogP contribution in [-0.4, -0.2) is 20.2 Å². The second-order valence-corrected chi connectivity index (χ2v) is 3.93. The predicted octanol–water partition coefficient (Wildman–Crippen LogP) is 1.83. The van der Waals surface area contributed by atoms with Crippen molar-refractivity contribution in [2.75, 3.05) is 20.2 Å². The van der Waals surface area contributed by atoms with Crippen LogP contribution >= 0.6 is 11.3 Å². The van der Waals surface area contributed by atoms with E-state index in [2.05, 4.69) is 16.8 Å². The van der Waals surface area contributed by atoms with Crippen LogP contribution in [0.5, 0.6) is 5.06 Å². The molecular weight excluding hydrogens is 170 g/mol. The Morgan fingerprint density at radius 2 is 2.67 bits per heavy atom. The van der Waals surface area contributed by atoms with E-state index >= 15 is 0 Å². The van der Waals surface area contributed by atoms with Crippen LogP contribution in [0.25, 0.3) is 0 Å². The first kappa shape index (κ1) is 8.08. The lowest BCUT2D eigenvalue weighted by Gasteiger charge is -2.22. The summed E-state index contributed by atoms with van der Waals surface area (Å²) in [7, 11) is 2.00. The van der Waals surface area contributed by atoms with Crippen molar-refractivity contribution in [1.82, 2.24) is 5.32 Å². The number of thiophene rings is 1. The van der Waals surface area contributed by atoms with Crippen molar-refractivity contribution >= 4 is 11.3 Å². The summed E-state index contributed by atoms with van der Waals surface area (Å²) in [6.45, 7) is 1.94. The highest BCUT2D eigenvalue weighted by atomic mass is 32.1. The van der Waals surface area contributed by atoms with Crippen molar-refractivity contribution in [1.29, 1.82) is 0 Å². The smallest absolute Gasteiger partial charge is 0.177 e. The average Bonchev–Trinajstić information content (AvgIpc) is 2.53. The largest absolute Gasteiger partial charge is 0.484 e. The number of hydrogen-bond donors (Lipinski definition) is 1. The highest BCUT2D eigenvalue weighted by Crippen LogP contribution is 2.37. The first-order valence-electron chi connectivity index (χ1n) is 4.26. The Hall–Kier alpha value is -0.540. The predicted molar refractivity (Wildman–Crippen MR) is 51.1 cm³/mol. The Morgan fingerprint density at radius 3 is 3.50 bits per heavy atom. The van der Waals surface area contributed by atoms with Gasteiger partial charge in [-0.25, -0.2) is 0 Å². The van der Waals surface area contributed by atoms with E-state index in [1.807, 2.05) is 7.05 Å². The summed E-state index contributed by atoms with van der Waals surface area (Å²) < 4.78 is 5.53. The van der Waals surface area contributed by atoms with Crippen molar-refractivity contribution in [3.63, 3.8) is 0 Å². The van der Waals surface area contributed by atoms with Crippen molar-refractivity contribution in [2.45, 2.75) is 12.3 Å². The molecule has 0 fully saturated rings. The fraction of sp³-hybridized carbons (Fsp3) is 0.556. The molecule has 1 unspecified atom stereocenters. The molecule has 0 radical (unpaired) electrons. The topological polar surface area (TPSA) is 21.3 Å². The van der Waals surface area contributed by atoms with Crippen molar-refractivity contribution < 1.29 is 4.74 Å². The molecule has 0 saturated carbocycles. The lowest BCUT2D eigenvalue weighted by molar-refractivity contribution is 0.275. The number of nitrogens with one attached hydrogen (secondary N) is 1. The zero-order valence-corrected chi connectivity index (χ0v) is 7.99. The minimum absolute atomic E-state index is 0.657. The van der Waals surface area contributed by atoms with Crippen LogP contribution in [0.3, 0.4) is 0 Å². The van der Waals surface area contributed by atoms with Crippen LogP contribution in [-0.2, 0) is 0 Å². The van der Waals surface area contributed by atoms with Crippen LogP contribution in [0, 0.1) is 0 Å². The third-order valence-electron chi connectivity index (χ3n) is 2.25. The van der Waals surface area contributed by atoms with E-state index in [0.717, 1.165) is 24.6 Å². The Morgan fingerprint density at radius 1 is 1.75 bits per heavy atom. The van der Waals surface area contributed by atoms with Crippen molar-refractivity contribution in [2.24, 2.45) is 0 Å². The van der Waals surface area contributed by atoms with Gasteiger partial charge in [0.25, 0.3) is 0 Å². The highest BCUT2D eigenvalue weighted by molar-refractivity contribution is 7.12. The molecule has 1 N–H and O–H groups in total. The molecule has 0 aromatic carbocycles. The SMILES string of the molecule is CNCC1CCOc2sccc21. The molecule has 2 heterocycles. The van der Waals surface area contributed by atoms with Crippen LogP contribution in [0.4, 0.5) is 0 Å². The van der Waals surface area contributed by atoms with Gasteiger partial charge in [0.2, 0.25) is 0 Å².